The molecular weight excluding hydrogens is 309 g/mol. The first-order chi connectivity index (χ1) is 10.8. The van der Waals surface area contributed by atoms with Gasteiger partial charge in [-0.25, -0.2) is 4.98 Å². The van der Waals surface area contributed by atoms with E-state index in [0.717, 1.165) is 6.07 Å². The molecule has 1 N–H and O–H groups in total. The largest absolute Gasteiger partial charge is 0.486 e. The minimum Gasteiger partial charge on any atom is -0.486 e. The third-order valence-corrected chi connectivity index (χ3v) is 3.46. The molecule has 23 heavy (non-hydrogen) atoms. The van der Waals surface area contributed by atoms with Gasteiger partial charge in [0.1, 0.15) is 6.10 Å². The van der Waals surface area contributed by atoms with Crippen molar-refractivity contribution in [2.75, 3.05) is 11.9 Å². The number of alkyl halides is 3. The maximum absolute atomic E-state index is 13.5. The van der Waals surface area contributed by atoms with E-state index >= 15 is 0 Å². The standard InChI is InChI=1S/C16H17F3N2O2/c1-8(2)22-13-6-10(16(17,18)19)14-11(21-13)4-5-12-15(14)23-9(3)7-20-12/h4-6,8-9,20H,7H2,1-3H3. The van der Waals surface area contributed by atoms with Crippen LogP contribution < -0.4 is 14.8 Å². The van der Waals surface area contributed by atoms with Crippen LogP contribution in [0.3, 0.4) is 0 Å². The Morgan fingerprint density at radius 2 is 2.09 bits per heavy atom. The van der Waals surface area contributed by atoms with Crippen LogP contribution in [0, 0.1) is 0 Å². The highest BCUT2D eigenvalue weighted by Crippen LogP contribution is 2.44. The highest BCUT2D eigenvalue weighted by atomic mass is 19.4. The van der Waals surface area contributed by atoms with Crippen molar-refractivity contribution < 1.29 is 22.6 Å². The second kappa shape index (κ2) is 5.47. The van der Waals surface area contributed by atoms with Gasteiger partial charge in [-0.05, 0) is 32.9 Å². The number of hydrogen-bond donors (Lipinski definition) is 1. The van der Waals surface area contributed by atoms with Crippen LogP contribution in [0.4, 0.5) is 18.9 Å². The topological polar surface area (TPSA) is 43.4 Å². The van der Waals surface area contributed by atoms with Crippen LogP contribution in [-0.2, 0) is 6.18 Å². The molecular formula is C16H17F3N2O2. The summed E-state index contributed by atoms with van der Waals surface area (Å²) >= 11 is 0. The number of benzene rings is 1. The Kier molecular flexibility index (Phi) is 3.74. The summed E-state index contributed by atoms with van der Waals surface area (Å²) in [6.45, 7) is 5.81. The molecule has 0 aliphatic carbocycles. The lowest BCUT2D eigenvalue weighted by molar-refractivity contribution is -0.136. The van der Waals surface area contributed by atoms with E-state index < -0.39 is 11.7 Å². The molecule has 0 bridgehead atoms. The number of anilines is 1. The van der Waals surface area contributed by atoms with Crippen molar-refractivity contribution in [3.63, 3.8) is 0 Å². The highest BCUT2D eigenvalue weighted by molar-refractivity contribution is 5.94. The molecule has 2 heterocycles. The maximum Gasteiger partial charge on any atom is 0.417 e. The first kappa shape index (κ1) is 15.7. The van der Waals surface area contributed by atoms with Gasteiger partial charge in [0.25, 0.3) is 0 Å². The SMILES string of the molecule is CC(C)Oc1cc(C(F)(F)F)c2c3c(ccc2n1)NCC(C)O3. The minimum absolute atomic E-state index is 0.0369. The number of halogens is 3. The summed E-state index contributed by atoms with van der Waals surface area (Å²) in [6.07, 6.45) is -5.02. The van der Waals surface area contributed by atoms with Gasteiger partial charge < -0.3 is 14.8 Å². The Labute approximate surface area is 131 Å². The van der Waals surface area contributed by atoms with Crippen molar-refractivity contribution in [3.8, 4) is 11.6 Å². The van der Waals surface area contributed by atoms with Gasteiger partial charge in [0, 0.05) is 6.07 Å². The summed E-state index contributed by atoms with van der Waals surface area (Å²) in [5.41, 5.74) is -0.0588. The van der Waals surface area contributed by atoms with E-state index in [1.165, 1.54) is 0 Å². The van der Waals surface area contributed by atoms with E-state index in [4.69, 9.17) is 9.47 Å². The molecule has 124 valence electrons. The first-order valence-corrected chi connectivity index (χ1v) is 7.38. The van der Waals surface area contributed by atoms with Crippen molar-refractivity contribution in [2.45, 2.75) is 39.2 Å². The summed E-state index contributed by atoms with van der Waals surface area (Å²) in [6, 6.07) is 4.16. The molecule has 0 amide bonds. The maximum atomic E-state index is 13.5. The van der Waals surface area contributed by atoms with Crippen LogP contribution >= 0.6 is 0 Å². The van der Waals surface area contributed by atoms with Crippen LogP contribution in [-0.4, -0.2) is 23.7 Å². The summed E-state index contributed by atoms with van der Waals surface area (Å²) in [4.78, 5) is 4.19. The van der Waals surface area contributed by atoms with Gasteiger partial charge in [-0.2, -0.15) is 13.2 Å². The van der Waals surface area contributed by atoms with Crippen molar-refractivity contribution in [1.82, 2.24) is 4.98 Å². The number of nitrogens with zero attached hydrogens (tertiary/aromatic N) is 1. The third-order valence-electron chi connectivity index (χ3n) is 3.46. The van der Waals surface area contributed by atoms with Crippen LogP contribution in [0.25, 0.3) is 10.9 Å². The predicted octanol–water partition coefficient (Wildman–Crippen LogP) is 4.23. The molecule has 7 heteroatoms. The third kappa shape index (κ3) is 3.00. The fourth-order valence-corrected chi connectivity index (χ4v) is 2.56. The van der Waals surface area contributed by atoms with E-state index in [0.29, 0.717) is 12.2 Å². The molecule has 1 aromatic heterocycles. The monoisotopic (exact) mass is 326 g/mol. The molecule has 0 saturated carbocycles. The summed E-state index contributed by atoms with van der Waals surface area (Å²) in [5.74, 6) is 0.147. The number of ether oxygens (including phenoxy) is 2. The van der Waals surface area contributed by atoms with Crippen molar-refractivity contribution in [1.29, 1.82) is 0 Å². The molecule has 0 fully saturated rings. The average molecular weight is 326 g/mol. The zero-order chi connectivity index (χ0) is 16.8. The van der Waals surface area contributed by atoms with E-state index in [1.807, 2.05) is 0 Å². The number of pyridine rings is 1. The van der Waals surface area contributed by atoms with Gasteiger partial charge in [0.2, 0.25) is 5.88 Å². The van der Waals surface area contributed by atoms with Crippen LogP contribution in [0.1, 0.15) is 26.3 Å². The van der Waals surface area contributed by atoms with Gasteiger partial charge >= 0.3 is 6.18 Å². The Morgan fingerprint density at radius 1 is 1.35 bits per heavy atom. The second-order valence-electron chi connectivity index (χ2n) is 5.82. The fraction of sp³-hybridized carbons (Fsp3) is 0.438. The second-order valence-corrected chi connectivity index (χ2v) is 5.82. The number of hydrogen-bond acceptors (Lipinski definition) is 4. The Hall–Kier alpha value is -2.18. The van der Waals surface area contributed by atoms with E-state index in [9.17, 15) is 13.2 Å². The zero-order valence-corrected chi connectivity index (χ0v) is 13.0. The molecule has 0 saturated heterocycles. The molecule has 4 nitrogen and oxygen atoms in total. The molecule has 1 unspecified atom stereocenters. The normalized spacial score (nSPS) is 17.6. The molecule has 1 aliphatic heterocycles. The smallest absolute Gasteiger partial charge is 0.417 e. The molecule has 1 atom stereocenters. The van der Waals surface area contributed by atoms with Gasteiger partial charge in [0.15, 0.2) is 5.75 Å². The van der Waals surface area contributed by atoms with Crippen LogP contribution in [0.5, 0.6) is 11.6 Å². The Balaban J connectivity index is 2.28. The lowest BCUT2D eigenvalue weighted by Crippen LogP contribution is -2.28. The summed E-state index contributed by atoms with van der Waals surface area (Å²) in [7, 11) is 0. The molecule has 1 aliphatic rings. The Morgan fingerprint density at radius 3 is 2.74 bits per heavy atom. The number of fused-ring (bicyclic) bond motifs is 3. The molecule has 3 rings (SSSR count). The van der Waals surface area contributed by atoms with Crippen LogP contribution in [0.2, 0.25) is 0 Å². The summed E-state index contributed by atoms with van der Waals surface area (Å²) in [5, 5.41) is 3.04. The van der Waals surface area contributed by atoms with E-state index in [2.05, 4.69) is 10.3 Å². The van der Waals surface area contributed by atoms with Gasteiger partial charge in [-0.1, -0.05) is 0 Å². The quantitative estimate of drug-likeness (QED) is 0.897. The van der Waals surface area contributed by atoms with Gasteiger partial charge in [-0.3, -0.25) is 0 Å². The average Bonchev–Trinajstić information content (AvgIpc) is 2.44. The molecule has 2 aromatic rings. The lowest BCUT2D eigenvalue weighted by atomic mass is 10.0. The Bertz CT molecular complexity index is 744. The molecule has 0 spiro atoms. The van der Waals surface area contributed by atoms with Gasteiger partial charge in [-0.15, -0.1) is 0 Å². The first-order valence-electron chi connectivity index (χ1n) is 7.38. The predicted molar refractivity (Wildman–Crippen MR) is 81.1 cm³/mol. The fourth-order valence-electron chi connectivity index (χ4n) is 2.56. The number of rotatable bonds is 2. The van der Waals surface area contributed by atoms with Crippen molar-refractivity contribution >= 4 is 16.6 Å². The molecule has 0 radical (unpaired) electrons. The molecule has 1 aromatic carbocycles. The van der Waals surface area contributed by atoms with Crippen molar-refractivity contribution in [2.24, 2.45) is 0 Å². The summed E-state index contributed by atoms with van der Waals surface area (Å²) < 4.78 is 51.6. The zero-order valence-electron chi connectivity index (χ0n) is 13.0. The lowest BCUT2D eigenvalue weighted by Gasteiger charge is -2.27. The van der Waals surface area contributed by atoms with Crippen LogP contribution in [0.15, 0.2) is 18.2 Å². The number of nitrogens with one attached hydrogen (secondary N) is 1. The number of aromatic nitrogens is 1. The van der Waals surface area contributed by atoms with E-state index in [1.54, 1.807) is 32.9 Å². The van der Waals surface area contributed by atoms with E-state index in [-0.39, 0.29) is 34.7 Å². The van der Waals surface area contributed by atoms with Gasteiger partial charge in [0.05, 0.1) is 34.8 Å². The minimum atomic E-state index is -4.53. The van der Waals surface area contributed by atoms with Crippen molar-refractivity contribution in [3.05, 3.63) is 23.8 Å². The highest BCUT2D eigenvalue weighted by Gasteiger charge is 2.36.